The summed E-state index contributed by atoms with van der Waals surface area (Å²) in [6, 6.07) is 0.949. The van der Waals surface area contributed by atoms with E-state index in [-0.39, 0.29) is 0 Å². The molecule has 0 amide bonds. The van der Waals surface area contributed by atoms with E-state index in [0.717, 1.165) is 38.8 Å². The highest BCUT2D eigenvalue weighted by Gasteiger charge is 2.46. The van der Waals surface area contributed by atoms with Gasteiger partial charge in [0.1, 0.15) is 5.54 Å². The molecule has 1 aliphatic rings. The van der Waals surface area contributed by atoms with Crippen LogP contribution in [0.3, 0.4) is 0 Å². The summed E-state index contributed by atoms with van der Waals surface area (Å²) in [6.07, 6.45) is 6.00. The third-order valence-electron chi connectivity index (χ3n) is 4.81. The van der Waals surface area contributed by atoms with Gasteiger partial charge >= 0.3 is 5.97 Å². The van der Waals surface area contributed by atoms with E-state index in [1.54, 1.807) is 0 Å². The number of carboxylic acids is 1. The monoisotopic (exact) mass is 284 g/mol. The summed E-state index contributed by atoms with van der Waals surface area (Å²) in [4.78, 5) is 14.2. The fraction of sp³-hybridized carbons (Fsp3) is 0.938. The molecule has 3 unspecified atom stereocenters. The molecule has 0 heterocycles. The Hall–Kier alpha value is -0.610. The third kappa shape index (κ3) is 3.95. The summed E-state index contributed by atoms with van der Waals surface area (Å²) in [5.74, 6) is -0.679. The van der Waals surface area contributed by atoms with E-state index in [4.69, 9.17) is 0 Å². The molecule has 4 nitrogen and oxygen atoms in total. The normalized spacial score (nSPS) is 27.9. The van der Waals surface area contributed by atoms with Crippen LogP contribution in [0.5, 0.6) is 0 Å². The van der Waals surface area contributed by atoms with Crippen molar-refractivity contribution in [3.8, 4) is 0 Å². The molecule has 3 atom stereocenters. The minimum absolute atomic E-state index is 0.409. The zero-order chi connectivity index (χ0) is 15.2. The number of carboxylic acid groups (broad SMARTS) is 1. The van der Waals surface area contributed by atoms with Crippen molar-refractivity contribution in [2.24, 2.45) is 0 Å². The lowest BCUT2D eigenvalue weighted by atomic mass is 9.97. The van der Waals surface area contributed by atoms with Crippen LogP contribution in [0.25, 0.3) is 0 Å². The van der Waals surface area contributed by atoms with Gasteiger partial charge in [0, 0.05) is 12.1 Å². The lowest BCUT2D eigenvalue weighted by Gasteiger charge is -2.35. The number of carbonyl (C=O) groups is 1. The first-order valence-corrected chi connectivity index (χ1v) is 8.24. The van der Waals surface area contributed by atoms with Crippen molar-refractivity contribution in [3.05, 3.63) is 0 Å². The molecule has 2 N–H and O–H groups in total. The van der Waals surface area contributed by atoms with Gasteiger partial charge < -0.3 is 10.4 Å². The molecule has 0 spiro atoms. The SMILES string of the molecule is CCCCN(C(C)CC)C1CCC(NCC)(C(=O)O)C1. The maximum Gasteiger partial charge on any atom is 0.323 e. The number of rotatable bonds is 9. The molecule has 1 rings (SSSR count). The molecule has 1 fully saturated rings. The van der Waals surface area contributed by atoms with Gasteiger partial charge in [-0.05, 0) is 52.1 Å². The largest absolute Gasteiger partial charge is 0.480 e. The highest BCUT2D eigenvalue weighted by molar-refractivity contribution is 5.79. The summed E-state index contributed by atoms with van der Waals surface area (Å²) in [5, 5.41) is 12.8. The maximum atomic E-state index is 11.7. The Morgan fingerprint density at radius 1 is 1.45 bits per heavy atom. The number of likely N-dealkylation sites (N-methyl/N-ethyl adjacent to an activating group) is 1. The predicted octanol–water partition coefficient (Wildman–Crippen LogP) is 2.87. The first-order chi connectivity index (χ1) is 9.50. The zero-order valence-electron chi connectivity index (χ0n) is 13.6. The average molecular weight is 284 g/mol. The molecule has 0 saturated heterocycles. The van der Waals surface area contributed by atoms with Crippen molar-refractivity contribution in [1.29, 1.82) is 0 Å². The van der Waals surface area contributed by atoms with Gasteiger partial charge in [-0.1, -0.05) is 27.2 Å². The van der Waals surface area contributed by atoms with Crippen LogP contribution in [-0.4, -0.2) is 46.7 Å². The summed E-state index contributed by atoms with van der Waals surface area (Å²) >= 11 is 0. The van der Waals surface area contributed by atoms with Crippen molar-refractivity contribution in [3.63, 3.8) is 0 Å². The molecule has 0 aromatic carbocycles. The van der Waals surface area contributed by atoms with Gasteiger partial charge in [0.15, 0.2) is 0 Å². The first-order valence-electron chi connectivity index (χ1n) is 8.24. The van der Waals surface area contributed by atoms with Crippen molar-refractivity contribution >= 4 is 5.97 Å². The van der Waals surface area contributed by atoms with Crippen molar-refractivity contribution in [2.75, 3.05) is 13.1 Å². The van der Waals surface area contributed by atoms with E-state index < -0.39 is 11.5 Å². The predicted molar refractivity (Wildman–Crippen MR) is 83.0 cm³/mol. The van der Waals surface area contributed by atoms with Gasteiger partial charge in [-0.15, -0.1) is 0 Å². The van der Waals surface area contributed by atoms with Crippen molar-refractivity contribution in [1.82, 2.24) is 10.2 Å². The lowest BCUT2D eigenvalue weighted by molar-refractivity contribution is -0.144. The summed E-state index contributed by atoms with van der Waals surface area (Å²) in [5.41, 5.74) is -0.697. The molecule has 1 aliphatic carbocycles. The van der Waals surface area contributed by atoms with Crippen LogP contribution in [-0.2, 0) is 4.79 Å². The highest BCUT2D eigenvalue weighted by atomic mass is 16.4. The van der Waals surface area contributed by atoms with Crippen LogP contribution >= 0.6 is 0 Å². The molecule has 20 heavy (non-hydrogen) atoms. The molecular weight excluding hydrogens is 252 g/mol. The summed E-state index contributed by atoms with van der Waals surface area (Å²) < 4.78 is 0. The number of nitrogens with one attached hydrogen (secondary N) is 1. The van der Waals surface area contributed by atoms with Crippen molar-refractivity contribution < 1.29 is 9.90 Å². The maximum absolute atomic E-state index is 11.7. The molecule has 0 aliphatic heterocycles. The first kappa shape index (κ1) is 17.4. The van der Waals surface area contributed by atoms with E-state index in [0.29, 0.717) is 12.1 Å². The Morgan fingerprint density at radius 3 is 2.65 bits per heavy atom. The lowest BCUT2D eigenvalue weighted by Crippen LogP contribution is -2.52. The number of hydrogen-bond acceptors (Lipinski definition) is 3. The standard InChI is InChI=1S/C16H32N2O2/c1-5-8-11-18(13(4)6-2)14-9-10-16(12-14,15(19)20)17-7-3/h13-14,17H,5-12H2,1-4H3,(H,19,20). The van der Waals surface area contributed by atoms with Crippen LogP contribution in [0.2, 0.25) is 0 Å². The molecule has 118 valence electrons. The van der Waals surface area contributed by atoms with Gasteiger partial charge in [-0.25, -0.2) is 0 Å². The van der Waals surface area contributed by atoms with Crippen LogP contribution in [0.4, 0.5) is 0 Å². The molecule has 0 aromatic rings. The summed E-state index contributed by atoms with van der Waals surface area (Å²) in [6.45, 7) is 10.5. The van der Waals surface area contributed by atoms with Crippen LogP contribution in [0.15, 0.2) is 0 Å². The second kappa shape index (κ2) is 7.99. The summed E-state index contributed by atoms with van der Waals surface area (Å²) in [7, 11) is 0. The van der Waals surface area contributed by atoms with Crippen LogP contribution in [0.1, 0.15) is 66.2 Å². The fourth-order valence-electron chi connectivity index (χ4n) is 3.41. The quantitative estimate of drug-likeness (QED) is 0.683. The van der Waals surface area contributed by atoms with Crippen LogP contribution < -0.4 is 5.32 Å². The van der Waals surface area contributed by atoms with E-state index >= 15 is 0 Å². The Kier molecular flexibility index (Phi) is 6.96. The number of hydrogen-bond donors (Lipinski definition) is 2. The molecule has 1 saturated carbocycles. The third-order valence-corrected chi connectivity index (χ3v) is 4.81. The smallest absolute Gasteiger partial charge is 0.323 e. The number of nitrogens with zero attached hydrogens (tertiary/aromatic N) is 1. The Labute approximate surface area is 123 Å². The van der Waals surface area contributed by atoms with Gasteiger partial charge in [0.25, 0.3) is 0 Å². The minimum atomic E-state index is -0.697. The number of unbranched alkanes of at least 4 members (excludes halogenated alkanes) is 1. The Morgan fingerprint density at radius 2 is 2.15 bits per heavy atom. The molecule has 0 radical (unpaired) electrons. The zero-order valence-corrected chi connectivity index (χ0v) is 13.6. The van der Waals surface area contributed by atoms with Crippen molar-refractivity contribution in [2.45, 2.75) is 83.8 Å². The topological polar surface area (TPSA) is 52.6 Å². The second-order valence-corrected chi connectivity index (χ2v) is 6.16. The number of aliphatic carboxylic acids is 1. The van der Waals surface area contributed by atoms with E-state index in [2.05, 4.69) is 31.0 Å². The highest BCUT2D eigenvalue weighted by Crippen LogP contribution is 2.34. The Balaban J connectivity index is 2.77. The van der Waals surface area contributed by atoms with E-state index in [9.17, 15) is 9.90 Å². The van der Waals surface area contributed by atoms with Gasteiger partial charge in [-0.2, -0.15) is 0 Å². The minimum Gasteiger partial charge on any atom is -0.480 e. The second-order valence-electron chi connectivity index (χ2n) is 6.16. The van der Waals surface area contributed by atoms with Gasteiger partial charge in [0.05, 0.1) is 0 Å². The molecule has 4 heteroatoms. The molecular formula is C16H32N2O2. The van der Waals surface area contributed by atoms with Gasteiger partial charge in [-0.3, -0.25) is 9.69 Å². The average Bonchev–Trinajstić information content (AvgIpc) is 2.85. The Bertz CT molecular complexity index is 309. The molecule has 0 bridgehead atoms. The van der Waals surface area contributed by atoms with Gasteiger partial charge in [0.2, 0.25) is 0 Å². The van der Waals surface area contributed by atoms with Crippen LogP contribution in [0, 0.1) is 0 Å². The molecule has 0 aromatic heterocycles. The van der Waals surface area contributed by atoms with E-state index in [1.807, 2.05) is 6.92 Å². The fourth-order valence-corrected chi connectivity index (χ4v) is 3.41. The van der Waals surface area contributed by atoms with E-state index in [1.165, 1.54) is 12.8 Å².